The number of carbonyl (C=O) groups excluding carboxylic acids is 1. The van der Waals surface area contributed by atoms with Crippen molar-refractivity contribution in [1.82, 2.24) is 10.2 Å². The van der Waals surface area contributed by atoms with Crippen LogP contribution in [0.3, 0.4) is 0 Å². The Kier molecular flexibility index (Phi) is 5.45. The number of rotatable bonds is 6. The van der Waals surface area contributed by atoms with Crippen molar-refractivity contribution >= 4 is 5.91 Å². The minimum absolute atomic E-state index is 0.348. The first-order valence-corrected chi connectivity index (χ1v) is 7.35. The van der Waals surface area contributed by atoms with Gasteiger partial charge in [0.05, 0.1) is 6.61 Å². The number of hydrogen-bond acceptors (Lipinski definition) is 3. The zero-order valence-electron chi connectivity index (χ0n) is 11.5. The second kappa shape index (κ2) is 7.10. The summed E-state index contributed by atoms with van der Waals surface area (Å²) in [5.74, 6) is 1.62. The number of amides is 1. The Hall–Kier alpha value is -0.610. The highest BCUT2D eigenvalue weighted by atomic mass is 16.5. The van der Waals surface area contributed by atoms with Gasteiger partial charge in [-0.1, -0.05) is 0 Å². The summed E-state index contributed by atoms with van der Waals surface area (Å²) < 4.78 is 5.44. The van der Waals surface area contributed by atoms with E-state index in [2.05, 4.69) is 5.32 Å². The maximum atomic E-state index is 12.1. The Morgan fingerprint density at radius 2 is 2.28 bits per heavy atom. The van der Waals surface area contributed by atoms with E-state index in [9.17, 15) is 4.79 Å². The van der Waals surface area contributed by atoms with Gasteiger partial charge in [-0.15, -0.1) is 0 Å². The summed E-state index contributed by atoms with van der Waals surface area (Å²) in [6.45, 7) is 7.67. The van der Waals surface area contributed by atoms with Crippen molar-refractivity contribution in [1.29, 1.82) is 0 Å². The van der Waals surface area contributed by atoms with E-state index in [4.69, 9.17) is 4.74 Å². The van der Waals surface area contributed by atoms with Gasteiger partial charge in [-0.25, -0.2) is 0 Å². The Morgan fingerprint density at radius 1 is 1.39 bits per heavy atom. The molecule has 2 saturated heterocycles. The smallest absolute Gasteiger partial charge is 0.222 e. The maximum absolute atomic E-state index is 12.1. The quantitative estimate of drug-likeness (QED) is 0.776. The van der Waals surface area contributed by atoms with Crippen molar-refractivity contribution in [3.05, 3.63) is 0 Å². The lowest BCUT2D eigenvalue weighted by molar-refractivity contribution is -0.130. The van der Waals surface area contributed by atoms with Gasteiger partial charge in [0.15, 0.2) is 0 Å². The van der Waals surface area contributed by atoms with Crippen molar-refractivity contribution in [2.24, 2.45) is 11.8 Å². The molecule has 2 fully saturated rings. The van der Waals surface area contributed by atoms with Gasteiger partial charge >= 0.3 is 0 Å². The van der Waals surface area contributed by atoms with E-state index in [1.807, 2.05) is 11.8 Å². The van der Waals surface area contributed by atoms with Gasteiger partial charge < -0.3 is 15.0 Å². The van der Waals surface area contributed by atoms with Crippen LogP contribution in [0.5, 0.6) is 0 Å². The molecule has 0 radical (unpaired) electrons. The highest BCUT2D eigenvalue weighted by Gasteiger charge is 2.26. The van der Waals surface area contributed by atoms with Crippen LogP contribution < -0.4 is 5.32 Å². The molecule has 104 valence electrons. The molecule has 0 aromatic heterocycles. The predicted molar refractivity (Wildman–Crippen MR) is 71.4 cm³/mol. The summed E-state index contributed by atoms with van der Waals surface area (Å²) in [5.41, 5.74) is 0. The zero-order valence-corrected chi connectivity index (χ0v) is 11.5. The Morgan fingerprint density at radius 3 is 3.00 bits per heavy atom. The van der Waals surface area contributed by atoms with Crippen molar-refractivity contribution in [2.75, 3.05) is 39.4 Å². The maximum Gasteiger partial charge on any atom is 0.222 e. The Bertz CT molecular complexity index is 265. The fraction of sp³-hybridized carbons (Fsp3) is 0.929. The molecule has 0 aliphatic carbocycles. The lowest BCUT2D eigenvalue weighted by atomic mass is 10.0. The SMILES string of the molecule is CCOCC1CCN(C(=O)CCC2CCNC2)C1. The van der Waals surface area contributed by atoms with E-state index in [1.165, 1.54) is 6.42 Å². The normalized spacial score (nSPS) is 27.9. The van der Waals surface area contributed by atoms with Crippen LogP contribution in [0.4, 0.5) is 0 Å². The monoisotopic (exact) mass is 254 g/mol. The molecule has 18 heavy (non-hydrogen) atoms. The second-order valence-electron chi connectivity index (χ2n) is 5.55. The van der Waals surface area contributed by atoms with Crippen molar-refractivity contribution in [2.45, 2.75) is 32.6 Å². The molecule has 2 atom stereocenters. The number of likely N-dealkylation sites (tertiary alicyclic amines) is 1. The molecule has 2 unspecified atom stereocenters. The van der Waals surface area contributed by atoms with Crippen LogP contribution in [0.2, 0.25) is 0 Å². The van der Waals surface area contributed by atoms with Crippen LogP contribution in [0.15, 0.2) is 0 Å². The molecule has 0 bridgehead atoms. The first-order valence-electron chi connectivity index (χ1n) is 7.35. The van der Waals surface area contributed by atoms with Gasteiger partial charge in [0.1, 0.15) is 0 Å². The summed E-state index contributed by atoms with van der Waals surface area (Å²) in [5, 5.41) is 3.35. The molecule has 2 aliphatic heterocycles. The molecule has 0 aromatic rings. The molecule has 2 heterocycles. The summed E-state index contributed by atoms with van der Waals surface area (Å²) >= 11 is 0. The molecular weight excluding hydrogens is 228 g/mol. The lowest BCUT2D eigenvalue weighted by Gasteiger charge is -2.17. The van der Waals surface area contributed by atoms with Gasteiger partial charge in [0.2, 0.25) is 5.91 Å². The van der Waals surface area contributed by atoms with E-state index in [0.29, 0.717) is 11.8 Å². The molecule has 0 saturated carbocycles. The van der Waals surface area contributed by atoms with E-state index in [0.717, 1.165) is 64.6 Å². The second-order valence-corrected chi connectivity index (χ2v) is 5.55. The van der Waals surface area contributed by atoms with E-state index < -0.39 is 0 Å². The molecule has 0 aromatic carbocycles. The molecular formula is C14H26N2O2. The first-order chi connectivity index (χ1) is 8.79. The van der Waals surface area contributed by atoms with Gasteiger partial charge in [-0.3, -0.25) is 4.79 Å². The summed E-state index contributed by atoms with van der Waals surface area (Å²) in [7, 11) is 0. The molecule has 4 heteroatoms. The van der Waals surface area contributed by atoms with Crippen molar-refractivity contribution in [3.63, 3.8) is 0 Å². The molecule has 2 aliphatic rings. The number of hydrogen-bond donors (Lipinski definition) is 1. The lowest BCUT2D eigenvalue weighted by Crippen LogP contribution is -2.29. The highest BCUT2D eigenvalue weighted by molar-refractivity contribution is 5.76. The standard InChI is InChI=1S/C14H26N2O2/c1-2-18-11-13-6-8-16(10-13)14(17)4-3-12-5-7-15-9-12/h12-13,15H,2-11H2,1H3. The number of nitrogens with zero attached hydrogens (tertiary/aromatic N) is 1. The highest BCUT2D eigenvalue weighted by Crippen LogP contribution is 2.20. The van der Waals surface area contributed by atoms with Crippen molar-refractivity contribution < 1.29 is 9.53 Å². The van der Waals surface area contributed by atoms with Gasteiger partial charge in [0, 0.05) is 32.0 Å². The van der Waals surface area contributed by atoms with E-state index >= 15 is 0 Å². The molecule has 0 spiro atoms. The summed E-state index contributed by atoms with van der Waals surface area (Å²) in [4.78, 5) is 14.1. The van der Waals surface area contributed by atoms with Crippen molar-refractivity contribution in [3.8, 4) is 0 Å². The fourth-order valence-corrected chi connectivity index (χ4v) is 2.93. The molecule has 1 amide bonds. The van der Waals surface area contributed by atoms with Crippen LogP contribution in [0, 0.1) is 11.8 Å². The zero-order chi connectivity index (χ0) is 12.8. The van der Waals surface area contributed by atoms with Crippen LogP contribution in [-0.4, -0.2) is 50.2 Å². The first kappa shape index (κ1) is 13.8. The Labute approximate surface area is 110 Å². The third kappa shape index (κ3) is 3.95. The predicted octanol–water partition coefficient (Wildman–Crippen LogP) is 1.26. The number of carbonyl (C=O) groups is 1. The Balaban J connectivity index is 1.63. The average molecular weight is 254 g/mol. The number of nitrogens with one attached hydrogen (secondary N) is 1. The minimum Gasteiger partial charge on any atom is -0.381 e. The minimum atomic E-state index is 0.348. The van der Waals surface area contributed by atoms with Gasteiger partial charge in [0.25, 0.3) is 0 Å². The van der Waals surface area contributed by atoms with Gasteiger partial charge in [-0.2, -0.15) is 0 Å². The van der Waals surface area contributed by atoms with Crippen LogP contribution in [0.25, 0.3) is 0 Å². The van der Waals surface area contributed by atoms with Gasteiger partial charge in [-0.05, 0) is 45.2 Å². The molecule has 1 N–H and O–H groups in total. The van der Waals surface area contributed by atoms with Crippen LogP contribution >= 0.6 is 0 Å². The average Bonchev–Trinajstić information content (AvgIpc) is 3.04. The molecule has 4 nitrogen and oxygen atoms in total. The topological polar surface area (TPSA) is 41.6 Å². The third-order valence-electron chi connectivity index (χ3n) is 4.13. The largest absolute Gasteiger partial charge is 0.381 e. The number of ether oxygens (including phenoxy) is 1. The summed E-state index contributed by atoms with van der Waals surface area (Å²) in [6.07, 6.45) is 4.13. The third-order valence-corrected chi connectivity index (χ3v) is 4.13. The van der Waals surface area contributed by atoms with Crippen LogP contribution in [-0.2, 0) is 9.53 Å². The van der Waals surface area contributed by atoms with E-state index in [-0.39, 0.29) is 0 Å². The van der Waals surface area contributed by atoms with Crippen LogP contribution in [0.1, 0.15) is 32.6 Å². The fourth-order valence-electron chi connectivity index (χ4n) is 2.93. The summed E-state index contributed by atoms with van der Waals surface area (Å²) in [6, 6.07) is 0. The van der Waals surface area contributed by atoms with E-state index in [1.54, 1.807) is 0 Å². The molecule has 2 rings (SSSR count).